The van der Waals surface area contributed by atoms with Gasteiger partial charge in [0.05, 0.1) is 6.04 Å². The maximum Gasteiger partial charge on any atom is 0.408 e. The lowest BCUT2D eigenvalue weighted by Gasteiger charge is -2.24. The molecule has 1 unspecified atom stereocenters. The fraction of sp³-hybridized carbons (Fsp3) is 0.529. The molecule has 0 aliphatic carbocycles. The van der Waals surface area contributed by atoms with E-state index in [1.54, 1.807) is 20.8 Å². The van der Waals surface area contributed by atoms with Gasteiger partial charge >= 0.3 is 6.09 Å². The molecule has 0 radical (unpaired) electrons. The molecule has 9 heteroatoms. The molecule has 1 aromatic carbocycles. The van der Waals surface area contributed by atoms with E-state index in [4.69, 9.17) is 9.47 Å². The van der Waals surface area contributed by atoms with E-state index in [1.807, 2.05) is 0 Å². The Morgan fingerprint density at radius 2 is 1.81 bits per heavy atom. The average molecular weight is 375 g/mol. The maximum atomic E-state index is 13.5. The molecule has 1 rings (SSSR count). The van der Waals surface area contributed by atoms with Crippen molar-refractivity contribution in [2.24, 2.45) is 0 Å². The highest BCUT2D eigenvalue weighted by Gasteiger charge is 2.27. The summed E-state index contributed by atoms with van der Waals surface area (Å²) >= 11 is 0. The number of Topliss-reactive ketones (excluding diaryl/α,β-unsaturated/α-hetero) is 1. The van der Waals surface area contributed by atoms with Crippen LogP contribution < -0.4 is 10.1 Å². The Morgan fingerprint density at radius 1 is 1.23 bits per heavy atom. The van der Waals surface area contributed by atoms with Gasteiger partial charge in [0.1, 0.15) is 12.2 Å². The summed E-state index contributed by atoms with van der Waals surface area (Å²) in [4.78, 5) is 24.1. The van der Waals surface area contributed by atoms with Crippen LogP contribution in [0.4, 0.5) is 13.6 Å². The fourth-order valence-corrected chi connectivity index (χ4v) is 1.88. The number of ether oxygens (including phenoxy) is 3. The molecule has 0 aliphatic rings. The zero-order valence-electron chi connectivity index (χ0n) is 15.0. The van der Waals surface area contributed by atoms with E-state index in [2.05, 4.69) is 10.1 Å². The van der Waals surface area contributed by atoms with Gasteiger partial charge < -0.3 is 24.6 Å². The Labute approximate surface area is 150 Å². The predicted molar refractivity (Wildman–Crippen MR) is 87.7 cm³/mol. The Bertz CT molecular complexity index is 612. The molecule has 0 bridgehead atoms. The van der Waals surface area contributed by atoms with E-state index < -0.39 is 53.8 Å². The molecule has 0 saturated heterocycles. The van der Waals surface area contributed by atoms with Gasteiger partial charge in [-0.1, -0.05) is 6.07 Å². The number of rotatable bonds is 8. The highest BCUT2D eigenvalue weighted by atomic mass is 19.1. The molecule has 0 heterocycles. The van der Waals surface area contributed by atoms with Crippen molar-refractivity contribution in [3.8, 4) is 5.75 Å². The molecule has 0 fully saturated rings. The van der Waals surface area contributed by atoms with Crippen LogP contribution in [0.15, 0.2) is 18.2 Å². The summed E-state index contributed by atoms with van der Waals surface area (Å²) in [5, 5.41) is 11.9. The van der Waals surface area contributed by atoms with E-state index in [0.29, 0.717) is 0 Å². The van der Waals surface area contributed by atoms with Crippen LogP contribution in [0.3, 0.4) is 0 Å². The number of nitrogens with one attached hydrogen (secondary N) is 1. The highest BCUT2D eigenvalue weighted by Crippen LogP contribution is 2.21. The largest absolute Gasteiger partial charge is 0.480 e. The summed E-state index contributed by atoms with van der Waals surface area (Å²) in [7, 11) is 1.21. The standard InChI is InChI=1S/C17H23F2NO6/c1-17(2,3)26-16(23)20-12(8-14(22)24-4)13(21)9-25-15-10(18)6-5-7-11(15)19/h5-7,12,14,22H,8-9H2,1-4H3,(H,20,23)/t12-,14?/m0/s1. The summed E-state index contributed by atoms with van der Waals surface area (Å²) in [5.74, 6) is -3.36. The van der Waals surface area contributed by atoms with Crippen molar-refractivity contribution >= 4 is 11.9 Å². The van der Waals surface area contributed by atoms with Crippen LogP contribution in [-0.2, 0) is 14.3 Å². The molecule has 146 valence electrons. The predicted octanol–water partition coefficient (Wildman–Crippen LogP) is 2.16. The molecule has 1 aromatic rings. The molecule has 26 heavy (non-hydrogen) atoms. The molecular formula is C17H23F2NO6. The zero-order valence-corrected chi connectivity index (χ0v) is 15.0. The van der Waals surface area contributed by atoms with Crippen LogP contribution in [0.2, 0.25) is 0 Å². The molecule has 0 aliphatic heterocycles. The van der Waals surface area contributed by atoms with Crippen LogP contribution in [0.5, 0.6) is 5.75 Å². The van der Waals surface area contributed by atoms with E-state index >= 15 is 0 Å². The summed E-state index contributed by atoms with van der Waals surface area (Å²) < 4.78 is 41.7. The molecule has 0 spiro atoms. The van der Waals surface area contributed by atoms with Crippen LogP contribution in [0.25, 0.3) is 0 Å². The molecule has 2 atom stereocenters. The van der Waals surface area contributed by atoms with Crippen molar-refractivity contribution in [3.63, 3.8) is 0 Å². The molecule has 7 nitrogen and oxygen atoms in total. The Balaban J connectivity index is 2.79. The number of hydrogen-bond donors (Lipinski definition) is 2. The number of hydrogen-bond acceptors (Lipinski definition) is 6. The summed E-state index contributed by atoms with van der Waals surface area (Å²) in [6, 6.07) is 1.87. The van der Waals surface area contributed by atoms with Crippen molar-refractivity contribution in [3.05, 3.63) is 29.8 Å². The van der Waals surface area contributed by atoms with Gasteiger partial charge in [-0.25, -0.2) is 13.6 Å². The third-order valence-electron chi connectivity index (χ3n) is 3.07. The number of methoxy groups -OCH3 is 1. The van der Waals surface area contributed by atoms with E-state index in [1.165, 1.54) is 7.11 Å². The number of aliphatic hydroxyl groups excluding tert-OH is 1. The molecule has 0 saturated carbocycles. The third-order valence-corrected chi connectivity index (χ3v) is 3.07. The van der Waals surface area contributed by atoms with Crippen LogP contribution in [0.1, 0.15) is 27.2 Å². The minimum absolute atomic E-state index is 0.294. The Morgan fingerprint density at radius 3 is 2.31 bits per heavy atom. The van der Waals surface area contributed by atoms with Crippen molar-refractivity contribution in [1.82, 2.24) is 5.32 Å². The SMILES string of the molecule is COC(O)C[C@H](NC(=O)OC(C)(C)C)C(=O)COc1c(F)cccc1F. The first-order valence-corrected chi connectivity index (χ1v) is 7.83. The monoisotopic (exact) mass is 375 g/mol. The molecule has 2 N–H and O–H groups in total. The number of benzene rings is 1. The first-order valence-electron chi connectivity index (χ1n) is 7.83. The van der Waals surface area contributed by atoms with E-state index in [9.17, 15) is 23.5 Å². The molecule has 0 aromatic heterocycles. The topological polar surface area (TPSA) is 94.1 Å². The second kappa shape index (κ2) is 9.44. The van der Waals surface area contributed by atoms with Gasteiger partial charge in [0.25, 0.3) is 0 Å². The van der Waals surface area contributed by atoms with E-state index in [0.717, 1.165) is 18.2 Å². The van der Waals surface area contributed by atoms with Gasteiger partial charge in [-0.2, -0.15) is 0 Å². The minimum Gasteiger partial charge on any atom is -0.480 e. The van der Waals surface area contributed by atoms with Crippen LogP contribution in [-0.4, -0.2) is 48.6 Å². The van der Waals surface area contributed by atoms with Gasteiger partial charge in [0, 0.05) is 13.5 Å². The lowest BCUT2D eigenvalue weighted by atomic mass is 10.1. The van der Waals surface area contributed by atoms with Crippen LogP contribution >= 0.6 is 0 Å². The number of halogens is 2. The van der Waals surface area contributed by atoms with Gasteiger partial charge in [-0.3, -0.25) is 4.79 Å². The van der Waals surface area contributed by atoms with Gasteiger partial charge in [0.2, 0.25) is 0 Å². The second-order valence-electron chi connectivity index (χ2n) is 6.43. The second-order valence-corrected chi connectivity index (χ2v) is 6.43. The number of carbonyl (C=O) groups is 2. The summed E-state index contributed by atoms with van der Waals surface area (Å²) in [6.45, 7) is 4.18. The number of para-hydroxylation sites is 1. The fourth-order valence-electron chi connectivity index (χ4n) is 1.88. The van der Waals surface area contributed by atoms with E-state index in [-0.39, 0.29) is 6.42 Å². The number of aliphatic hydroxyl groups is 1. The van der Waals surface area contributed by atoms with Crippen LogP contribution in [0, 0.1) is 11.6 Å². The van der Waals surface area contributed by atoms with Crippen molar-refractivity contribution in [2.75, 3.05) is 13.7 Å². The Hall–Kier alpha value is -2.26. The normalized spacial score (nSPS) is 13.7. The number of alkyl carbamates (subject to hydrolysis) is 1. The number of amides is 1. The average Bonchev–Trinajstić information content (AvgIpc) is 2.51. The maximum absolute atomic E-state index is 13.5. The summed E-state index contributed by atoms with van der Waals surface area (Å²) in [5.41, 5.74) is -0.801. The van der Waals surface area contributed by atoms with Gasteiger partial charge in [-0.15, -0.1) is 0 Å². The smallest absolute Gasteiger partial charge is 0.408 e. The van der Waals surface area contributed by atoms with Gasteiger partial charge in [-0.05, 0) is 32.9 Å². The summed E-state index contributed by atoms with van der Waals surface area (Å²) in [6.07, 6.45) is -2.53. The van der Waals surface area contributed by atoms with Crippen molar-refractivity contribution < 1.29 is 37.7 Å². The first kappa shape index (κ1) is 21.8. The first-order chi connectivity index (χ1) is 12.0. The molecular weight excluding hydrogens is 352 g/mol. The lowest BCUT2D eigenvalue weighted by molar-refractivity contribution is -0.128. The quantitative estimate of drug-likeness (QED) is 0.677. The minimum atomic E-state index is -1.34. The third kappa shape index (κ3) is 7.32. The van der Waals surface area contributed by atoms with Gasteiger partial charge in [0.15, 0.2) is 29.5 Å². The highest BCUT2D eigenvalue weighted by molar-refractivity contribution is 5.88. The number of ketones is 1. The van der Waals surface area contributed by atoms with Crippen molar-refractivity contribution in [1.29, 1.82) is 0 Å². The Kier molecular flexibility index (Phi) is 7.91. The molecule has 1 amide bonds. The zero-order chi connectivity index (χ0) is 19.9. The number of carbonyl (C=O) groups excluding carboxylic acids is 2. The van der Waals surface area contributed by atoms with Crippen molar-refractivity contribution in [2.45, 2.75) is 45.1 Å². The lowest BCUT2D eigenvalue weighted by Crippen LogP contribution is -2.47.